The maximum atomic E-state index is 14.1. The number of ether oxygens (including phenoxy) is 1. The summed E-state index contributed by atoms with van der Waals surface area (Å²) in [5.74, 6) is -5.30. The second-order valence-electron chi connectivity index (χ2n) is 6.55. The Kier molecular flexibility index (Phi) is 6.33. The van der Waals surface area contributed by atoms with E-state index in [0.717, 1.165) is 19.3 Å². The molecule has 0 aromatic carbocycles. The van der Waals surface area contributed by atoms with Crippen molar-refractivity contribution in [3.05, 3.63) is 0 Å². The van der Waals surface area contributed by atoms with Crippen molar-refractivity contribution < 1.29 is 40.6 Å². The minimum absolute atomic E-state index is 0.239. The normalized spacial score (nSPS) is 23.7. The number of hydroxylamine groups is 2. The summed E-state index contributed by atoms with van der Waals surface area (Å²) in [7, 11) is -5.92. The molecule has 1 saturated carbocycles. The van der Waals surface area contributed by atoms with Crippen LogP contribution in [0.15, 0.2) is 0 Å². The molecule has 1 unspecified atom stereocenters. The van der Waals surface area contributed by atoms with Gasteiger partial charge < -0.3 is 4.74 Å². The average Bonchev–Trinajstić information content (AvgIpc) is 2.75. The second-order valence-corrected chi connectivity index (χ2v) is 8.12. The van der Waals surface area contributed by atoms with E-state index in [1.54, 1.807) is 0 Å². The van der Waals surface area contributed by atoms with Crippen molar-refractivity contribution in [2.45, 2.75) is 69.6 Å². The van der Waals surface area contributed by atoms with E-state index in [1.165, 1.54) is 6.92 Å². The molecule has 1 aliphatic carbocycles. The largest absolute Gasteiger partial charge is 0.467 e. The summed E-state index contributed by atoms with van der Waals surface area (Å²) in [6.07, 6.45) is 3.68. The highest BCUT2D eigenvalue weighted by molar-refractivity contribution is 7.88. The lowest BCUT2D eigenvalue weighted by atomic mass is 9.99. The predicted molar refractivity (Wildman–Crippen MR) is 82.8 cm³/mol. The van der Waals surface area contributed by atoms with Crippen LogP contribution >= 0.6 is 0 Å². The third-order valence-corrected chi connectivity index (χ3v) is 5.52. The lowest BCUT2D eigenvalue weighted by molar-refractivity contribution is -0.174. The minimum atomic E-state index is -5.92. The molecule has 8 nitrogen and oxygen atoms in total. The first kappa shape index (κ1) is 20.7. The van der Waals surface area contributed by atoms with Gasteiger partial charge in [-0.25, -0.2) is 4.79 Å². The topological polar surface area (TPSA) is 107 Å². The first-order chi connectivity index (χ1) is 12.1. The van der Waals surface area contributed by atoms with E-state index in [1.807, 2.05) is 0 Å². The van der Waals surface area contributed by atoms with Crippen LogP contribution in [0.3, 0.4) is 0 Å². The van der Waals surface area contributed by atoms with Gasteiger partial charge in [0.1, 0.15) is 6.10 Å². The molecule has 0 radical (unpaired) electrons. The van der Waals surface area contributed by atoms with Gasteiger partial charge in [-0.3, -0.25) is 9.59 Å². The van der Waals surface area contributed by atoms with Crippen molar-refractivity contribution >= 4 is 27.9 Å². The number of hydrogen-bond donors (Lipinski definition) is 0. The minimum Gasteiger partial charge on any atom is -0.457 e. The van der Waals surface area contributed by atoms with E-state index in [-0.39, 0.29) is 11.5 Å². The Hall–Kier alpha value is -1.62. The van der Waals surface area contributed by atoms with Gasteiger partial charge >= 0.3 is 21.3 Å². The number of halogens is 2. The lowest BCUT2D eigenvalue weighted by Crippen LogP contribution is -2.46. The molecule has 2 fully saturated rings. The highest BCUT2D eigenvalue weighted by Gasteiger charge is 2.59. The van der Waals surface area contributed by atoms with Crippen molar-refractivity contribution in [1.82, 2.24) is 5.06 Å². The van der Waals surface area contributed by atoms with Crippen LogP contribution in [0.25, 0.3) is 0 Å². The van der Waals surface area contributed by atoms with E-state index in [4.69, 9.17) is 0 Å². The first-order valence-electron chi connectivity index (χ1n) is 8.46. The molecule has 26 heavy (non-hydrogen) atoms. The Morgan fingerprint density at radius 2 is 1.65 bits per heavy atom. The Morgan fingerprint density at radius 1 is 1.12 bits per heavy atom. The summed E-state index contributed by atoms with van der Waals surface area (Å²) < 4.78 is 60.4. The Morgan fingerprint density at radius 3 is 2.15 bits per heavy atom. The molecular weight excluding hydrogens is 376 g/mol. The van der Waals surface area contributed by atoms with Gasteiger partial charge in [0.05, 0.1) is 0 Å². The molecule has 148 valence electrons. The second kappa shape index (κ2) is 7.95. The number of imide groups is 1. The van der Waals surface area contributed by atoms with Gasteiger partial charge in [0.2, 0.25) is 0 Å². The van der Waals surface area contributed by atoms with Gasteiger partial charge in [0, 0.05) is 12.3 Å². The molecule has 0 N–H and O–H groups in total. The molecule has 0 bridgehead atoms. The van der Waals surface area contributed by atoms with E-state index < -0.39 is 45.2 Å². The van der Waals surface area contributed by atoms with Crippen molar-refractivity contribution in [3.63, 3.8) is 0 Å². The van der Waals surface area contributed by atoms with E-state index in [9.17, 15) is 31.6 Å². The van der Waals surface area contributed by atoms with Crippen LogP contribution in [-0.2, 0) is 33.5 Å². The van der Waals surface area contributed by atoms with Crippen LogP contribution in [0.2, 0.25) is 0 Å². The van der Waals surface area contributed by atoms with E-state index >= 15 is 0 Å². The number of carbonyl (C=O) groups excluding carboxylic acids is 3. The summed E-state index contributed by atoms with van der Waals surface area (Å²) in [6.45, 7) is 1.32. The summed E-state index contributed by atoms with van der Waals surface area (Å²) in [5, 5.41) is -5.28. The molecule has 2 aliphatic rings. The summed E-state index contributed by atoms with van der Waals surface area (Å²) in [4.78, 5) is 34.9. The quantitative estimate of drug-likeness (QED) is 0.515. The van der Waals surface area contributed by atoms with Crippen LogP contribution in [0, 0.1) is 5.92 Å². The number of esters is 1. The Bertz CT molecular complexity index is 671. The van der Waals surface area contributed by atoms with Gasteiger partial charge in [0.15, 0.2) is 0 Å². The predicted octanol–water partition coefficient (Wildman–Crippen LogP) is 1.89. The molecule has 0 aromatic heterocycles. The first-order valence-corrected chi connectivity index (χ1v) is 9.87. The van der Waals surface area contributed by atoms with E-state index in [0.29, 0.717) is 25.7 Å². The van der Waals surface area contributed by atoms with Crippen LogP contribution in [0.5, 0.6) is 0 Å². The van der Waals surface area contributed by atoms with Crippen molar-refractivity contribution in [1.29, 1.82) is 0 Å². The number of nitrogens with zero attached hydrogens (tertiary/aromatic N) is 1. The van der Waals surface area contributed by atoms with Gasteiger partial charge in [-0.1, -0.05) is 26.2 Å². The average molecular weight is 397 g/mol. The molecule has 1 aliphatic heterocycles. The van der Waals surface area contributed by atoms with Crippen molar-refractivity contribution in [2.24, 2.45) is 5.92 Å². The van der Waals surface area contributed by atoms with Gasteiger partial charge in [-0.2, -0.15) is 17.2 Å². The molecule has 0 aromatic rings. The zero-order valence-corrected chi connectivity index (χ0v) is 15.1. The summed E-state index contributed by atoms with van der Waals surface area (Å²) in [5.41, 5.74) is 0. The molecule has 1 heterocycles. The Labute approximate surface area is 149 Å². The standard InChI is InChI=1S/C15H21F2NO7S/c1-10-9-12(19)18(13(10)20)25-26(22,23)15(16,17)14(21)24-11-7-5-3-2-4-6-8-11/h10-11H,2-9H2,1H3. The zero-order chi connectivity index (χ0) is 19.5. The smallest absolute Gasteiger partial charge is 0.457 e. The monoisotopic (exact) mass is 397 g/mol. The SMILES string of the molecule is CC1CC(=O)N(OS(=O)(=O)C(F)(F)C(=O)OC2CCCCCCC2)C1=O. The maximum absolute atomic E-state index is 14.1. The third-order valence-electron chi connectivity index (χ3n) is 4.38. The fourth-order valence-corrected chi connectivity index (χ4v) is 3.54. The lowest BCUT2D eigenvalue weighted by Gasteiger charge is -2.23. The van der Waals surface area contributed by atoms with Crippen molar-refractivity contribution in [2.75, 3.05) is 0 Å². The number of alkyl halides is 2. The fraction of sp³-hybridized carbons (Fsp3) is 0.800. The summed E-state index contributed by atoms with van der Waals surface area (Å²) >= 11 is 0. The number of amides is 2. The molecule has 2 amide bonds. The highest BCUT2D eigenvalue weighted by atomic mass is 32.2. The number of carbonyl (C=O) groups is 3. The van der Waals surface area contributed by atoms with Gasteiger partial charge in [-0.05, 0) is 25.7 Å². The van der Waals surface area contributed by atoms with Crippen LogP contribution < -0.4 is 0 Å². The highest BCUT2D eigenvalue weighted by Crippen LogP contribution is 2.31. The fourth-order valence-electron chi connectivity index (χ4n) is 2.84. The zero-order valence-electron chi connectivity index (χ0n) is 14.3. The number of hydrogen-bond acceptors (Lipinski definition) is 7. The van der Waals surface area contributed by atoms with Crippen LogP contribution in [0.4, 0.5) is 8.78 Å². The van der Waals surface area contributed by atoms with Crippen molar-refractivity contribution in [3.8, 4) is 0 Å². The van der Waals surface area contributed by atoms with Gasteiger partial charge in [0.25, 0.3) is 11.8 Å². The maximum Gasteiger partial charge on any atom is 0.467 e. The Balaban J connectivity index is 2.07. The molecule has 11 heteroatoms. The third kappa shape index (κ3) is 4.37. The number of rotatable bonds is 5. The molecular formula is C15H21F2NO7S. The van der Waals surface area contributed by atoms with Crippen LogP contribution in [0.1, 0.15) is 58.3 Å². The molecule has 0 spiro atoms. The molecule has 1 saturated heterocycles. The molecule has 1 atom stereocenters. The summed E-state index contributed by atoms with van der Waals surface area (Å²) in [6, 6.07) is 0. The molecule has 2 rings (SSSR count). The van der Waals surface area contributed by atoms with Gasteiger partial charge in [-0.15, -0.1) is 9.35 Å². The van der Waals surface area contributed by atoms with E-state index in [2.05, 4.69) is 9.02 Å². The van der Waals surface area contributed by atoms with Crippen LogP contribution in [-0.4, -0.2) is 42.6 Å².